The van der Waals surface area contributed by atoms with Crippen LogP contribution in [0.25, 0.3) is 32.0 Å². The molecule has 1 aromatic carbocycles. The maximum absolute atomic E-state index is 13.4. The van der Waals surface area contributed by atoms with Gasteiger partial charge in [-0.2, -0.15) is 5.10 Å². The molecule has 0 amide bonds. The highest BCUT2D eigenvalue weighted by molar-refractivity contribution is 7.89. The Kier molecular flexibility index (Phi) is 7.00. The lowest BCUT2D eigenvalue weighted by molar-refractivity contribution is 0.150. The van der Waals surface area contributed by atoms with Crippen molar-refractivity contribution >= 4 is 48.6 Å². The van der Waals surface area contributed by atoms with Crippen LogP contribution in [0.4, 0.5) is 8.78 Å². The number of aryl methyl sites for hydroxylation is 1. The molecule has 1 fully saturated rings. The van der Waals surface area contributed by atoms with Gasteiger partial charge in [0, 0.05) is 39.3 Å². The fourth-order valence-electron chi connectivity index (χ4n) is 4.68. The number of alkyl halides is 2. The lowest BCUT2D eigenvalue weighted by atomic mass is 9.92. The SMILES string of the molecule is [C-]#[N+]C1(NS(=O)(=O)c2cc(C3=CCC(S(=O)C(C)C)CC3)c3c(c2)c(-c2nnc(C(F)F)s2)nn3C)CC1. The fraction of sp³-hybridized carbons (Fsp3) is 0.500. The number of rotatable bonds is 8. The van der Waals surface area contributed by atoms with Gasteiger partial charge in [0.25, 0.3) is 12.1 Å². The molecule has 1 N–H and O–H groups in total. The van der Waals surface area contributed by atoms with Crippen molar-refractivity contribution in [3.8, 4) is 10.7 Å². The molecule has 0 saturated heterocycles. The third-order valence-corrected chi connectivity index (χ3v) is 11.3. The van der Waals surface area contributed by atoms with E-state index in [2.05, 4.69) is 24.9 Å². The van der Waals surface area contributed by atoms with Crippen LogP contribution >= 0.6 is 11.3 Å². The van der Waals surface area contributed by atoms with Crippen LogP contribution in [0.5, 0.6) is 0 Å². The first-order valence-electron chi connectivity index (χ1n) is 12.1. The van der Waals surface area contributed by atoms with E-state index in [-0.39, 0.29) is 26.1 Å². The van der Waals surface area contributed by atoms with Gasteiger partial charge in [-0.3, -0.25) is 13.7 Å². The van der Waals surface area contributed by atoms with Crippen LogP contribution in [0, 0.1) is 6.57 Å². The van der Waals surface area contributed by atoms with Crippen molar-refractivity contribution in [2.24, 2.45) is 7.05 Å². The number of hydrogen-bond acceptors (Lipinski definition) is 7. The number of benzene rings is 1. The van der Waals surface area contributed by atoms with Gasteiger partial charge in [0.2, 0.25) is 10.0 Å². The molecule has 2 unspecified atom stereocenters. The van der Waals surface area contributed by atoms with E-state index in [1.54, 1.807) is 17.8 Å². The molecule has 3 aromatic rings. The van der Waals surface area contributed by atoms with Crippen molar-refractivity contribution in [3.63, 3.8) is 0 Å². The molecular weight excluding hydrogens is 555 g/mol. The second-order valence-electron chi connectivity index (χ2n) is 9.84. The zero-order valence-electron chi connectivity index (χ0n) is 20.9. The average Bonchev–Trinajstić information content (AvgIpc) is 3.31. The van der Waals surface area contributed by atoms with Gasteiger partial charge in [-0.05, 0) is 37.0 Å². The summed E-state index contributed by atoms with van der Waals surface area (Å²) in [7, 11) is -3.36. The highest BCUT2D eigenvalue weighted by Crippen LogP contribution is 2.42. The molecule has 2 atom stereocenters. The summed E-state index contributed by atoms with van der Waals surface area (Å²) in [4.78, 5) is 3.41. The summed E-state index contributed by atoms with van der Waals surface area (Å²) in [6.45, 7) is 11.3. The predicted octanol–water partition coefficient (Wildman–Crippen LogP) is 4.81. The minimum absolute atomic E-state index is 0.0208. The predicted molar refractivity (Wildman–Crippen MR) is 142 cm³/mol. The van der Waals surface area contributed by atoms with E-state index in [0.717, 1.165) is 5.57 Å². The van der Waals surface area contributed by atoms with Crippen molar-refractivity contribution < 1.29 is 21.4 Å². The quantitative estimate of drug-likeness (QED) is 0.383. The molecule has 0 aliphatic heterocycles. The molecule has 0 spiro atoms. The van der Waals surface area contributed by atoms with E-state index in [1.807, 2.05) is 19.9 Å². The minimum atomic E-state index is -4.08. The number of sulfonamides is 1. The summed E-state index contributed by atoms with van der Waals surface area (Å²) in [6.07, 6.45) is 1.96. The second kappa shape index (κ2) is 9.86. The third-order valence-electron chi connectivity index (χ3n) is 6.82. The van der Waals surface area contributed by atoms with Crippen LogP contribution in [0.3, 0.4) is 0 Å². The van der Waals surface area contributed by atoms with E-state index in [1.165, 1.54) is 6.07 Å². The summed E-state index contributed by atoms with van der Waals surface area (Å²) in [6, 6.07) is 3.03. The number of hydrogen-bond donors (Lipinski definition) is 1. The molecule has 0 radical (unpaired) electrons. The molecule has 14 heteroatoms. The Morgan fingerprint density at radius 3 is 2.58 bits per heavy atom. The summed E-state index contributed by atoms with van der Waals surface area (Å²) in [5, 5.41) is 12.2. The Labute approximate surface area is 225 Å². The molecule has 0 bridgehead atoms. The second-order valence-corrected chi connectivity index (χ2v) is 14.8. The average molecular weight is 581 g/mol. The lowest BCUT2D eigenvalue weighted by Crippen LogP contribution is -2.34. The highest BCUT2D eigenvalue weighted by Gasteiger charge is 2.54. The van der Waals surface area contributed by atoms with Crippen LogP contribution in [0.15, 0.2) is 23.1 Å². The minimum Gasteiger partial charge on any atom is -0.292 e. The lowest BCUT2D eigenvalue weighted by Gasteiger charge is -2.24. The van der Waals surface area contributed by atoms with Crippen LogP contribution in [-0.2, 0) is 27.9 Å². The Morgan fingerprint density at radius 1 is 1.29 bits per heavy atom. The number of fused-ring (bicyclic) bond motifs is 1. The molecule has 5 rings (SSSR count). The first kappa shape index (κ1) is 27.0. The van der Waals surface area contributed by atoms with Crippen LogP contribution < -0.4 is 4.72 Å². The van der Waals surface area contributed by atoms with Gasteiger partial charge in [-0.25, -0.2) is 23.8 Å². The van der Waals surface area contributed by atoms with Gasteiger partial charge in [-0.15, -0.1) is 14.9 Å². The largest absolute Gasteiger partial charge is 0.299 e. The van der Waals surface area contributed by atoms with Crippen molar-refractivity contribution in [1.29, 1.82) is 0 Å². The normalized spacial score (nSPS) is 20.1. The van der Waals surface area contributed by atoms with Crippen LogP contribution in [-0.4, -0.2) is 48.8 Å². The van der Waals surface area contributed by atoms with E-state index in [4.69, 9.17) is 6.57 Å². The molecule has 2 aromatic heterocycles. The summed E-state index contributed by atoms with van der Waals surface area (Å²) in [5.41, 5.74) is 1.30. The topological polar surface area (TPSA) is 111 Å². The molecule has 1 saturated carbocycles. The third kappa shape index (κ3) is 4.92. The van der Waals surface area contributed by atoms with E-state index in [0.29, 0.717) is 59.9 Å². The number of nitrogens with one attached hydrogen (secondary N) is 1. The monoisotopic (exact) mass is 580 g/mol. The zero-order valence-corrected chi connectivity index (χ0v) is 23.4. The van der Waals surface area contributed by atoms with E-state index in [9.17, 15) is 21.4 Å². The van der Waals surface area contributed by atoms with Gasteiger partial charge in [-0.1, -0.05) is 31.3 Å². The Balaban J connectivity index is 1.67. The molecule has 38 heavy (non-hydrogen) atoms. The number of allylic oxidation sites excluding steroid dienone is 2. The van der Waals surface area contributed by atoms with Gasteiger partial charge in [0.1, 0.15) is 5.69 Å². The summed E-state index contributed by atoms with van der Waals surface area (Å²) < 4.78 is 70.1. The number of nitrogens with zero attached hydrogens (tertiary/aromatic N) is 5. The van der Waals surface area contributed by atoms with Crippen LogP contribution in [0.2, 0.25) is 0 Å². The van der Waals surface area contributed by atoms with Gasteiger partial charge >= 0.3 is 0 Å². The maximum Gasteiger partial charge on any atom is 0.299 e. The summed E-state index contributed by atoms with van der Waals surface area (Å²) >= 11 is 0.705. The van der Waals surface area contributed by atoms with Crippen molar-refractivity contribution in [1.82, 2.24) is 24.7 Å². The Hall–Kier alpha value is -2.60. The smallest absolute Gasteiger partial charge is 0.292 e. The first-order chi connectivity index (χ1) is 17.9. The van der Waals surface area contributed by atoms with Crippen molar-refractivity contribution in [3.05, 3.63) is 40.2 Å². The standard InChI is InChI=1S/C24H26F2N6O3S3/c1-13(2)37(33)15-7-5-14(6-8-15)17-11-16(38(34,35)31-24(27-3)9-10-24)12-18-19(30-32(4)20(17)18)22-28-29-23(36-22)21(25)26/h5,11-13,15,21,31H,6-10H2,1-2,4H3. The van der Waals surface area contributed by atoms with E-state index >= 15 is 0 Å². The molecule has 2 heterocycles. The maximum atomic E-state index is 13.4. The molecule has 202 valence electrons. The zero-order chi connectivity index (χ0) is 27.4. The number of aromatic nitrogens is 4. The van der Waals surface area contributed by atoms with E-state index < -0.39 is 37.9 Å². The van der Waals surface area contributed by atoms with Gasteiger partial charge < -0.3 is 0 Å². The highest BCUT2D eigenvalue weighted by atomic mass is 32.2. The molecule has 2 aliphatic rings. The van der Waals surface area contributed by atoms with Crippen molar-refractivity contribution in [2.45, 2.75) is 73.4 Å². The van der Waals surface area contributed by atoms with Crippen molar-refractivity contribution in [2.75, 3.05) is 0 Å². The first-order valence-corrected chi connectivity index (χ1v) is 15.7. The number of halogens is 2. The molecule has 2 aliphatic carbocycles. The Morgan fingerprint density at radius 2 is 2.03 bits per heavy atom. The Bertz CT molecular complexity index is 1620. The van der Waals surface area contributed by atoms with Gasteiger partial charge in [0.15, 0.2) is 10.0 Å². The molecular formula is C24H26F2N6O3S3. The van der Waals surface area contributed by atoms with Crippen LogP contribution in [0.1, 0.15) is 62.9 Å². The van der Waals surface area contributed by atoms with Gasteiger partial charge in [0.05, 0.1) is 23.3 Å². The summed E-state index contributed by atoms with van der Waals surface area (Å²) in [5.74, 6) is 0. The molecule has 9 nitrogen and oxygen atoms in total. The fourth-order valence-corrected chi connectivity index (χ4v) is 8.20.